The average Bonchev–Trinajstić information content (AvgIpc) is 2.62. The lowest BCUT2D eigenvalue weighted by atomic mass is 10.1. The zero-order chi connectivity index (χ0) is 20.0. The van der Waals surface area contributed by atoms with Crippen molar-refractivity contribution >= 4 is 0 Å². The van der Waals surface area contributed by atoms with Crippen LogP contribution >= 0.6 is 0 Å². The summed E-state index contributed by atoms with van der Waals surface area (Å²) in [5.41, 5.74) is 0. The predicted molar refractivity (Wildman–Crippen MR) is 108 cm³/mol. The Kier molecular flexibility index (Phi) is 21.8. The molecule has 0 aromatic rings. The molecule has 27 heavy (non-hydrogen) atoms. The van der Waals surface area contributed by atoms with Crippen LogP contribution in [-0.4, -0.2) is 91.9 Å². The molecule has 0 radical (unpaired) electrons. The third-order valence-corrected chi connectivity index (χ3v) is 3.50. The molecule has 0 aliphatic carbocycles. The van der Waals surface area contributed by atoms with Gasteiger partial charge in [0.25, 0.3) is 0 Å². The predicted octanol–water partition coefficient (Wildman–Crippen LogP) is 2.13. The van der Waals surface area contributed by atoms with Crippen LogP contribution in [0.15, 0.2) is 0 Å². The molecule has 0 aliphatic rings. The van der Waals surface area contributed by atoms with E-state index in [1.807, 2.05) is 0 Å². The lowest BCUT2D eigenvalue weighted by molar-refractivity contribution is -0.0169. The summed E-state index contributed by atoms with van der Waals surface area (Å²) in [5, 5.41) is 3.29. The van der Waals surface area contributed by atoms with Crippen molar-refractivity contribution in [2.45, 2.75) is 40.2 Å². The Labute approximate surface area is 166 Å². The van der Waals surface area contributed by atoms with E-state index in [1.54, 1.807) is 0 Å². The van der Waals surface area contributed by atoms with E-state index < -0.39 is 0 Å². The molecule has 0 amide bonds. The van der Waals surface area contributed by atoms with Crippen molar-refractivity contribution in [1.82, 2.24) is 5.32 Å². The van der Waals surface area contributed by atoms with Crippen LogP contribution in [0.2, 0.25) is 0 Å². The Bertz CT molecular complexity index is 253. The molecule has 0 aliphatic heterocycles. The minimum Gasteiger partial charge on any atom is -0.379 e. The van der Waals surface area contributed by atoms with Crippen molar-refractivity contribution < 1.29 is 28.4 Å². The highest BCUT2D eigenvalue weighted by molar-refractivity contribution is 4.50. The number of rotatable bonds is 22. The highest BCUT2D eigenvalue weighted by Gasteiger charge is 1.96. The Morgan fingerprint density at radius 3 is 1.15 bits per heavy atom. The fourth-order valence-corrected chi connectivity index (χ4v) is 1.94. The molecular formula is C20H43NO6. The Hall–Kier alpha value is -0.280. The van der Waals surface area contributed by atoms with Crippen molar-refractivity contribution in [3.63, 3.8) is 0 Å². The van der Waals surface area contributed by atoms with Crippen LogP contribution in [0.4, 0.5) is 0 Å². The maximum absolute atomic E-state index is 5.47. The zero-order valence-corrected chi connectivity index (χ0v) is 18.0. The fourth-order valence-electron chi connectivity index (χ4n) is 1.94. The standard InChI is InChI=1S/C20H43NO6/c1-19(2)5-7-22-9-11-24-13-15-26-17-18-27-16-14-25-12-10-23-8-6-21-20(3)4/h19-21H,5-18H2,1-4H3. The van der Waals surface area contributed by atoms with Gasteiger partial charge in [-0.05, 0) is 12.3 Å². The topological polar surface area (TPSA) is 67.4 Å². The molecule has 0 aromatic heterocycles. The van der Waals surface area contributed by atoms with Crippen LogP contribution in [0.1, 0.15) is 34.1 Å². The summed E-state index contributed by atoms with van der Waals surface area (Å²) in [4.78, 5) is 0. The molecule has 0 unspecified atom stereocenters. The molecular weight excluding hydrogens is 350 g/mol. The van der Waals surface area contributed by atoms with Crippen LogP contribution in [0, 0.1) is 5.92 Å². The van der Waals surface area contributed by atoms with E-state index in [9.17, 15) is 0 Å². The van der Waals surface area contributed by atoms with Crippen LogP contribution in [0.3, 0.4) is 0 Å². The second kappa shape index (κ2) is 22.0. The van der Waals surface area contributed by atoms with Crippen molar-refractivity contribution in [2.75, 3.05) is 85.8 Å². The molecule has 0 aromatic carbocycles. The minimum absolute atomic E-state index is 0.498. The molecule has 0 fully saturated rings. The first-order chi connectivity index (χ1) is 13.1. The molecule has 0 saturated carbocycles. The van der Waals surface area contributed by atoms with Crippen LogP contribution < -0.4 is 5.32 Å². The largest absolute Gasteiger partial charge is 0.379 e. The second-order valence-corrected chi connectivity index (χ2v) is 6.97. The molecule has 0 saturated heterocycles. The summed E-state index contributed by atoms with van der Waals surface area (Å²) in [6.45, 7) is 16.9. The van der Waals surface area contributed by atoms with Crippen LogP contribution in [0.25, 0.3) is 0 Å². The lowest BCUT2D eigenvalue weighted by Crippen LogP contribution is -2.27. The number of nitrogens with one attached hydrogen (secondary N) is 1. The molecule has 0 spiro atoms. The van der Waals surface area contributed by atoms with Gasteiger partial charge in [-0.2, -0.15) is 0 Å². The van der Waals surface area contributed by atoms with Gasteiger partial charge in [-0.3, -0.25) is 0 Å². The lowest BCUT2D eigenvalue weighted by Gasteiger charge is -2.09. The van der Waals surface area contributed by atoms with E-state index in [4.69, 9.17) is 28.4 Å². The van der Waals surface area contributed by atoms with Crippen molar-refractivity contribution in [3.8, 4) is 0 Å². The first kappa shape index (κ1) is 26.7. The van der Waals surface area contributed by atoms with Gasteiger partial charge in [-0.25, -0.2) is 0 Å². The van der Waals surface area contributed by atoms with Crippen molar-refractivity contribution in [1.29, 1.82) is 0 Å². The summed E-state index contributed by atoms with van der Waals surface area (Å²) >= 11 is 0. The smallest absolute Gasteiger partial charge is 0.0701 e. The van der Waals surface area contributed by atoms with Gasteiger partial charge in [0.1, 0.15) is 0 Å². The Morgan fingerprint density at radius 2 is 0.815 bits per heavy atom. The van der Waals surface area contributed by atoms with Gasteiger partial charge in [-0.1, -0.05) is 27.7 Å². The van der Waals surface area contributed by atoms with Gasteiger partial charge in [0, 0.05) is 19.2 Å². The molecule has 0 bridgehead atoms. The molecule has 1 N–H and O–H groups in total. The maximum atomic E-state index is 5.47. The summed E-state index contributed by atoms with van der Waals surface area (Å²) in [6.07, 6.45) is 1.10. The Morgan fingerprint density at radius 1 is 0.481 bits per heavy atom. The second-order valence-electron chi connectivity index (χ2n) is 6.97. The van der Waals surface area contributed by atoms with Crippen LogP contribution in [-0.2, 0) is 28.4 Å². The Balaban J connectivity index is 2.99. The number of hydrogen-bond acceptors (Lipinski definition) is 7. The normalized spacial score (nSPS) is 11.8. The third kappa shape index (κ3) is 25.7. The maximum Gasteiger partial charge on any atom is 0.0701 e. The highest BCUT2D eigenvalue weighted by Crippen LogP contribution is 1.98. The number of hydrogen-bond donors (Lipinski definition) is 1. The average molecular weight is 394 g/mol. The van der Waals surface area contributed by atoms with Gasteiger partial charge in [0.05, 0.1) is 72.7 Å². The van der Waals surface area contributed by atoms with Gasteiger partial charge >= 0.3 is 0 Å². The monoisotopic (exact) mass is 393 g/mol. The molecule has 7 nitrogen and oxygen atoms in total. The van der Waals surface area contributed by atoms with Gasteiger partial charge < -0.3 is 33.7 Å². The van der Waals surface area contributed by atoms with E-state index >= 15 is 0 Å². The van der Waals surface area contributed by atoms with E-state index in [2.05, 4.69) is 33.0 Å². The molecule has 0 rings (SSSR count). The summed E-state index contributed by atoms with van der Waals surface area (Å²) in [5.74, 6) is 0.685. The van der Waals surface area contributed by atoms with Crippen LogP contribution in [0.5, 0.6) is 0 Å². The first-order valence-corrected chi connectivity index (χ1v) is 10.3. The fraction of sp³-hybridized carbons (Fsp3) is 1.00. The molecule has 164 valence electrons. The van der Waals surface area contributed by atoms with E-state index in [0.29, 0.717) is 84.6 Å². The van der Waals surface area contributed by atoms with Crippen molar-refractivity contribution in [2.24, 2.45) is 5.92 Å². The van der Waals surface area contributed by atoms with E-state index in [0.717, 1.165) is 19.6 Å². The van der Waals surface area contributed by atoms with Crippen molar-refractivity contribution in [3.05, 3.63) is 0 Å². The molecule has 7 heteroatoms. The SMILES string of the molecule is CC(C)CCOCCOCCOCCOCCOCCOCCNC(C)C. The van der Waals surface area contributed by atoms with Gasteiger partial charge in [0.2, 0.25) is 0 Å². The summed E-state index contributed by atoms with van der Waals surface area (Å²) in [6, 6.07) is 0.498. The molecule has 0 heterocycles. The zero-order valence-electron chi connectivity index (χ0n) is 18.0. The highest BCUT2D eigenvalue weighted by atomic mass is 16.6. The van der Waals surface area contributed by atoms with E-state index in [-0.39, 0.29) is 0 Å². The van der Waals surface area contributed by atoms with Gasteiger partial charge in [-0.15, -0.1) is 0 Å². The minimum atomic E-state index is 0.498. The summed E-state index contributed by atoms with van der Waals surface area (Å²) in [7, 11) is 0. The van der Waals surface area contributed by atoms with Gasteiger partial charge in [0.15, 0.2) is 0 Å². The molecule has 0 atom stereocenters. The van der Waals surface area contributed by atoms with E-state index in [1.165, 1.54) is 0 Å². The quantitative estimate of drug-likeness (QED) is 0.283. The first-order valence-electron chi connectivity index (χ1n) is 10.3. The third-order valence-electron chi connectivity index (χ3n) is 3.50. The number of ether oxygens (including phenoxy) is 6. The summed E-state index contributed by atoms with van der Waals surface area (Å²) < 4.78 is 32.6.